The molecule has 0 spiro atoms. The second-order valence-electron chi connectivity index (χ2n) is 7.34. The van der Waals surface area contributed by atoms with Crippen LogP contribution < -0.4 is 11.1 Å². The van der Waals surface area contributed by atoms with Crippen LogP contribution in [0.4, 0.5) is 0 Å². The maximum absolute atomic E-state index is 12.9. The van der Waals surface area contributed by atoms with Crippen molar-refractivity contribution >= 4 is 28.6 Å². The molecule has 0 bridgehead atoms. The fourth-order valence-corrected chi connectivity index (χ4v) is 3.49. The fraction of sp³-hybridized carbons (Fsp3) is 0.0417. The minimum Gasteiger partial charge on any atom is -0.403 e. The summed E-state index contributed by atoms with van der Waals surface area (Å²) in [4.78, 5) is 54.7. The van der Waals surface area contributed by atoms with Gasteiger partial charge in [-0.2, -0.15) is 5.01 Å². The Labute approximate surface area is 181 Å². The molecule has 2 heterocycles. The first-order valence-electron chi connectivity index (χ1n) is 9.73. The number of fused-ring (bicyclic) bond motifs is 2. The zero-order valence-electron chi connectivity index (χ0n) is 16.8. The van der Waals surface area contributed by atoms with Crippen LogP contribution in [0.3, 0.4) is 0 Å². The molecular formula is C24H15N3O5. The van der Waals surface area contributed by atoms with Crippen molar-refractivity contribution in [2.75, 3.05) is 0 Å². The smallest absolute Gasteiger partial charge is 0.347 e. The first kappa shape index (κ1) is 19.4. The number of para-hydroxylation sites is 1. The molecule has 0 saturated carbocycles. The quantitative estimate of drug-likeness (QED) is 0.505. The third-order valence-electron chi connectivity index (χ3n) is 5.20. The molecule has 8 nitrogen and oxygen atoms in total. The molecule has 0 fully saturated rings. The monoisotopic (exact) mass is 425 g/mol. The van der Waals surface area contributed by atoms with Gasteiger partial charge in [-0.1, -0.05) is 29.8 Å². The van der Waals surface area contributed by atoms with Crippen LogP contribution in [-0.2, 0) is 0 Å². The van der Waals surface area contributed by atoms with Crippen LogP contribution in [0.2, 0.25) is 0 Å². The van der Waals surface area contributed by atoms with E-state index in [1.54, 1.807) is 48.5 Å². The Hall–Kier alpha value is -4.59. The second kappa shape index (κ2) is 7.28. The van der Waals surface area contributed by atoms with Crippen molar-refractivity contribution in [3.8, 4) is 11.5 Å². The van der Waals surface area contributed by atoms with Gasteiger partial charge in [0.05, 0.1) is 22.0 Å². The third kappa shape index (κ3) is 3.14. The summed E-state index contributed by atoms with van der Waals surface area (Å²) in [6.07, 6.45) is 0. The topological polar surface area (TPSA) is 110 Å². The van der Waals surface area contributed by atoms with E-state index < -0.39 is 23.3 Å². The SMILES string of the molecule is Cc1ccc(C(=O)NN2C(=O)c3ccc(-c4nc5ccccc5c(=O)o4)cc3C2=O)cc1. The number of hydrazine groups is 1. The van der Waals surface area contributed by atoms with Gasteiger partial charge in [0, 0.05) is 11.1 Å². The molecule has 3 aromatic carbocycles. The highest BCUT2D eigenvalue weighted by atomic mass is 16.4. The Kier molecular flexibility index (Phi) is 4.41. The van der Waals surface area contributed by atoms with Crippen LogP contribution in [0.15, 0.2) is 75.9 Å². The number of nitrogens with one attached hydrogen (secondary N) is 1. The van der Waals surface area contributed by atoms with Gasteiger partial charge in [0.2, 0.25) is 5.89 Å². The number of carbonyl (C=O) groups is 3. The molecule has 1 aliphatic heterocycles. The van der Waals surface area contributed by atoms with E-state index in [2.05, 4.69) is 10.4 Å². The highest BCUT2D eigenvalue weighted by Gasteiger charge is 2.37. The Bertz CT molecular complexity index is 1490. The van der Waals surface area contributed by atoms with Crippen LogP contribution in [0, 0.1) is 6.92 Å². The van der Waals surface area contributed by atoms with E-state index in [-0.39, 0.29) is 17.0 Å². The number of aromatic nitrogens is 1. The van der Waals surface area contributed by atoms with Gasteiger partial charge in [0.25, 0.3) is 17.7 Å². The van der Waals surface area contributed by atoms with Gasteiger partial charge in [-0.05, 0) is 49.4 Å². The molecule has 5 rings (SSSR count). The first-order chi connectivity index (χ1) is 15.4. The number of nitrogens with zero attached hydrogens (tertiary/aromatic N) is 2. The molecule has 1 aromatic heterocycles. The number of amides is 3. The van der Waals surface area contributed by atoms with E-state index in [0.717, 1.165) is 5.56 Å². The summed E-state index contributed by atoms with van der Waals surface area (Å²) in [6, 6.07) is 17.9. The maximum atomic E-state index is 12.9. The Morgan fingerprint density at radius 3 is 2.41 bits per heavy atom. The van der Waals surface area contributed by atoms with Gasteiger partial charge in [0.1, 0.15) is 0 Å². The predicted octanol–water partition coefficient (Wildman–Crippen LogP) is 3.10. The van der Waals surface area contributed by atoms with E-state index in [9.17, 15) is 19.2 Å². The lowest BCUT2D eigenvalue weighted by Gasteiger charge is -2.15. The predicted molar refractivity (Wildman–Crippen MR) is 115 cm³/mol. The van der Waals surface area contributed by atoms with Crippen molar-refractivity contribution in [1.82, 2.24) is 15.4 Å². The molecule has 0 unspecified atom stereocenters. The van der Waals surface area contributed by atoms with Crippen molar-refractivity contribution in [1.29, 1.82) is 0 Å². The Morgan fingerprint density at radius 2 is 1.62 bits per heavy atom. The van der Waals surface area contributed by atoms with Crippen LogP contribution in [0.5, 0.6) is 0 Å². The summed E-state index contributed by atoms with van der Waals surface area (Å²) in [5, 5.41) is 1.02. The van der Waals surface area contributed by atoms with Gasteiger partial charge < -0.3 is 4.42 Å². The lowest BCUT2D eigenvalue weighted by Crippen LogP contribution is -2.45. The minimum absolute atomic E-state index is 0.0267. The number of carbonyl (C=O) groups excluding carboxylic acids is 3. The summed E-state index contributed by atoms with van der Waals surface area (Å²) in [5.74, 6) is -1.89. The lowest BCUT2D eigenvalue weighted by atomic mass is 10.1. The Balaban J connectivity index is 1.47. The molecular weight excluding hydrogens is 410 g/mol. The molecule has 0 radical (unpaired) electrons. The summed E-state index contributed by atoms with van der Waals surface area (Å²) < 4.78 is 5.31. The maximum Gasteiger partial charge on any atom is 0.347 e. The van der Waals surface area contributed by atoms with Gasteiger partial charge in [-0.3, -0.25) is 19.8 Å². The van der Waals surface area contributed by atoms with Gasteiger partial charge in [-0.25, -0.2) is 9.78 Å². The Morgan fingerprint density at radius 1 is 0.906 bits per heavy atom. The van der Waals surface area contributed by atoms with Crippen molar-refractivity contribution in [3.63, 3.8) is 0 Å². The van der Waals surface area contributed by atoms with Crippen LogP contribution in [0.25, 0.3) is 22.4 Å². The molecule has 4 aromatic rings. The summed E-state index contributed by atoms with van der Waals surface area (Å²) in [5.41, 5.74) is 4.12. The van der Waals surface area contributed by atoms with Gasteiger partial charge in [0.15, 0.2) is 0 Å². The average Bonchev–Trinajstić information content (AvgIpc) is 3.03. The minimum atomic E-state index is -0.685. The van der Waals surface area contributed by atoms with E-state index in [4.69, 9.17) is 4.42 Å². The number of rotatable bonds is 3. The number of hydrogen-bond acceptors (Lipinski definition) is 6. The van der Waals surface area contributed by atoms with Crippen LogP contribution in [-0.4, -0.2) is 27.7 Å². The third-order valence-corrected chi connectivity index (χ3v) is 5.20. The molecule has 156 valence electrons. The van der Waals surface area contributed by atoms with Crippen molar-refractivity contribution < 1.29 is 18.8 Å². The fourth-order valence-electron chi connectivity index (χ4n) is 3.49. The van der Waals surface area contributed by atoms with Gasteiger partial charge in [-0.15, -0.1) is 0 Å². The van der Waals surface area contributed by atoms with E-state index in [1.165, 1.54) is 18.2 Å². The molecule has 1 aliphatic rings. The summed E-state index contributed by atoms with van der Waals surface area (Å²) >= 11 is 0. The van der Waals surface area contributed by atoms with E-state index in [0.29, 0.717) is 27.0 Å². The zero-order valence-corrected chi connectivity index (χ0v) is 16.8. The van der Waals surface area contributed by atoms with Crippen molar-refractivity contribution in [2.24, 2.45) is 0 Å². The van der Waals surface area contributed by atoms with Crippen LogP contribution in [0.1, 0.15) is 36.6 Å². The largest absolute Gasteiger partial charge is 0.403 e. The molecule has 0 saturated heterocycles. The second-order valence-corrected chi connectivity index (χ2v) is 7.34. The van der Waals surface area contributed by atoms with Crippen molar-refractivity contribution in [2.45, 2.75) is 6.92 Å². The van der Waals surface area contributed by atoms with Crippen LogP contribution >= 0.6 is 0 Å². The van der Waals surface area contributed by atoms with E-state index in [1.807, 2.05) is 6.92 Å². The molecule has 8 heteroatoms. The summed E-state index contributed by atoms with van der Waals surface area (Å²) in [7, 11) is 0. The lowest BCUT2D eigenvalue weighted by molar-refractivity contribution is 0.0518. The number of benzene rings is 3. The average molecular weight is 425 g/mol. The van der Waals surface area contributed by atoms with Crippen molar-refractivity contribution in [3.05, 3.63) is 99.4 Å². The molecule has 32 heavy (non-hydrogen) atoms. The standard InChI is InChI=1S/C24H15N3O5/c1-13-6-8-14(9-7-13)20(28)26-27-22(29)16-11-10-15(12-18(16)23(27)30)21-25-19-5-3-2-4-17(19)24(31)32-21/h2-12H,1H3,(H,26,28). The number of hydrogen-bond donors (Lipinski definition) is 1. The summed E-state index contributed by atoms with van der Waals surface area (Å²) in [6.45, 7) is 1.88. The number of aryl methyl sites for hydroxylation is 1. The normalized spacial score (nSPS) is 12.8. The van der Waals surface area contributed by atoms with E-state index >= 15 is 0 Å². The zero-order chi connectivity index (χ0) is 22.4. The molecule has 1 N–H and O–H groups in total. The first-order valence-corrected chi connectivity index (χ1v) is 9.73. The van der Waals surface area contributed by atoms with Gasteiger partial charge >= 0.3 is 5.63 Å². The highest BCUT2D eigenvalue weighted by Crippen LogP contribution is 2.27. The molecule has 0 aliphatic carbocycles. The highest BCUT2D eigenvalue weighted by molar-refractivity contribution is 6.22. The molecule has 3 amide bonds. The molecule has 0 atom stereocenters. The number of imide groups is 1.